The average molecular weight is 484 g/mol. The first kappa shape index (κ1) is 25.9. The van der Waals surface area contributed by atoms with Gasteiger partial charge in [0.2, 0.25) is 0 Å². The third kappa shape index (κ3) is 4.16. The van der Waals surface area contributed by atoms with E-state index < -0.39 is 52.7 Å². The molecule has 4 saturated carbocycles. The molecule has 4 aliphatic carbocycles. The predicted molar refractivity (Wildman–Crippen MR) is 106 cm³/mol. The fourth-order valence-corrected chi connectivity index (χ4v) is 6.01. The molecule has 33 heavy (non-hydrogen) atoms. The topological polar surface area (TPSA) is 52.6 Å². The normalized spacial score (nSPS) is 31.9. The molecule has 0 N–H and O–H groups in total. The molecular formula is C23H30F6O4. The maximum absolute atomic E-state index is 14.5. The Morgan fingerprint density at radius 2 is 1.45 bits per heavy atom. The van der Waals surface area contributed by atoms with Crippen molar-refractivity contribution in [1.29, 1.82) is 0 Å². The molecule has 4 aliphatic rings. The Kier molecular flexibility index (Phi) is 5.98. The van der Waals surface area contributed by atoms with Crippen LogP contribution in [0.3, 0.4) is 0 Å². The van der Waals surface area contributed by atoms with Crippen LogP contribution in [0.15, 0.2) is 12.2 Å². The summed E-state index contributed by atoms with van der Waals surface area (Å²) in [6, 6.07) is 0. The smallest absolute Gasteiger partial charge is 0.372 e. The number of halogens is 6. The minimum absolute atomic E-state index is 0.0642. The Morgan fingerprint density at radius 3 is 1.91 bits per heavy atom. The zero-order chi connectivity index (χ0) is 25.3. The van der Waals surface area contributed by atoms with Gasteiger partial charge in [0.15, 0.2) is 0 Å². The van der Waals surface area contributed by atoms with Gasteiger partial charge in [-0.05, 0) is 50.9 Å². The van der Waals surface area contributed by atoms with Crippen LogP contribution in [0, 0.1) is 22.7 Å². The highest BCUT2D eigenvalue weighted by Gasteiger charge is 2.74. The number of esters is 2. The Bertz CT molecular complexity index is 830. The zero-order valence-corrected chi connectivity index (χ0v) is 19.2. The number of carbonyl (C=O) groups is 2. The van der Waals surface area contributed by atoms with Crippen LogP contribution in [0.1, 0.15) is 66.2 Å². The highest BCUT2D eigenvalue weighted by molar-refractivity contribution is 5.87. The van der Waals surface area contributed by atoms with Gasteiger partial charge in [-0.1, -0.05) is 20.4 Å². The van der Waals surface area contributed by atoms with Crippen LogP contribution in [0.25, 0.3) is 0 Å². The van der Waals surface area contributed by atoms with Crippen molar-refractivity contribution in [1.82, 2.24) is 0 Å². The summed E-state index contributed by atoms with van der Waals surface area (Å²) < 4.78 is 94.1. The summed E-state index contributed by atoms with van der Waals surface area (Å²) in [4.78, 5) is 25.3. The van der Waals surface area contributed by atoms with Crippen LogP contribution < -0.4 is 0 Å². The fraction of sp³-hybridized carbons (Fsp3) is 0.826. The van der Waals surface area contributed by atoms with E-state index in [1.54, 1.807) is 0 Å². The number of ether oxygens (including phenoxy) is 2. The van der Waals surface area contributed by atoms with Gasteiger partial charge in [0.1, 0.15) is 12.2 Å². The van der Waals surface area contributed by atoms with Crippen LogP contribution >= 0.6 is 0 Å². The Balaban J connectivity index is 1.78. The first-order valence-electron chi connectivity index (χ1n) is 11.0. The molecule has 0 aliphatic heterocycles. The van der Waals surface area contributed by atoms with Crippen LogP contribution in [0.5, 0.6) is 0 Å². The van der Waals surface area contributed by atoms with Crippen LogP contribution in [-0.4, -0.2) is 41.9 Å². The molecule has 4 nitrogen and oxygen atoms in total. The first-order valence-corrected chi connectivity index (χ1v) is 11.0. The monoisotopic (exact) mass is 484 g/mol. The zero-order valence-electron chi connectivity index (χ0n) is 19.2. The van der Waals surface area contributed by atoms with Gasteiger partial charge in [-0.15, -0.1) is 0 Å². The molecule has 188 valence electrons. The van der Waals surface area contributed by atoms with Crippen LogP contribution in [0.2, 0.25) is 0 Å². The van der Waals surface area contributed by atoms with E-state index in [2.05, 4.69) is 6.58 Å². The van der Waals surface area contributed by atoms with Crippen molar-refractivity contribution < 1.29 is 45.4 Å². The largest absolute Gasteiger partial charge is 0.464 e. The van der Waals surface area contributed by atoms with E-state index in [4.69, 9.17) is 9.47 Å². The summed E-state index contributed by atoms with van der Waals surface area (Å²) in [6.45, 7) is 4.96. The number of alkyl halides is 6. The van der Waals surface area contributed by atoms with E-state index in [1.807, 2.05) is 0 Å². The molecule has 0 heterocycles. The van der Waals surface area contributed by atoms with Gasteiger partial charge in [0, 0.05) is 18.9 Å². The molecule has 4 fully saturated rings. The van der Waals surface area contributed by atoms with E-state index in [1.165, 1.54) is 6.92 Å². The molecule has 0 spiro atoms. The van der Waals surface area contributed by atoms with Crippen LogP contribution in [0.4, 0.5) is 26.3 Å². The van der Waals surface area contributed by atoms with Gasteiger partial charge in [-0.3, -0.25) is 4.79 Å². The third-order valence-electron chi connectivity index (χ3n) is 7.46. The molecule has 0 saturated heterocycles. The Labute approximate surface area is 189 Å². The summed E-state index contributed by atoms with van der Waals surface area (Å²) in [5, 5.41) is 0. The van der Waals surface area contributed by atoms with Gasteiger partial charge >= 0.3 is 29.7 Å². The maximum Gasteiger partial charge on any atom is 0.372 e. The van der Waals surface area contributed by atoms with Crippen molar-refractivity contribution >= 4 is 11.9 Å². The molecule has 2 atom stereocenters. The Hall–Kier alpha value is -1.74. The van der Waals surface area contributed by atoms with Crippen molar-refractivity contribution in [2.24, 2.45) is 22.7 Å². The van der Waals surface area contributed by atoms with Crippen molar-refractivity contribution in [3.8, 4) is 0 Å². The van der Waals surface area contributed by atoms with Gasteiger partial charge in [0.25, 0.3) is 0 Å². The predicted octanol–water partition coefficient (Wildman–Crippen LogP) is 5.94. The van der Waals surface area contributed by atoms with E-state index in [-0.39, 0.29) is 30.8 Å². The van der Waals surface area contributed by atoms with Crippen molar-refractivity contribution in [2.45, 2.75) is 89.6 Å². The molecule has 0 aromatic rings. The molecule has 0 aromatic carbocycles. The summed E-state index contributed by atoms with van der Waals surface area (Å²) in [5.41, 5.74) is -4.55. The van der Waals surface area contributed by atoms with Gasteiger partial charge in [0.05, 0.1) is 10.8 Å². The Morgan fingerprint density at radius 1 is 0.939 bits per heavy atom. The standard InChI is InChI=1S/C23H30F6O4/c1-13(2)16(30)33-21-9-14-6-15(10-21)8-20(7-14,11-21)17(31)32-12-18(3,4)22(26,27)23(28,29)19(5,24)25/h14-15H,1,6-12H2,2-5H3. The van der Waals surface area contributed by atoms with E-state index in [0.29, 0.717) is 39.5 Å². The molecule has 0 radical (unpaired) electrons. The van der Waals surface area contributed by atoms with Gasteiger partial charge in [-0.25, -0.2) is 4.79 Å². The van der Waals surface area contributed by atoms with Crippen molar-refractivity contribution in [2.75, 3.05) is 6.61 Å². The lowest BCUT2D eigenvalue weighted by atomic mass is 9.48. The second kappa shape index (κ2) is 7.63. The summed E-state index contributed by atoms with van der Waals surface area (Å²) >= 11 is 0. The molecular weight excluding hydrogens is 454 g/mol. The SMILES string of the molecule is C=C(C)C(=O)OC12CC3CC(C1)CC(C(=O)OCC(C)(C)C(F)(F)C(F)(F)C(C)(F)F)(C3)C2. The summed E-state index contributed by atoms with van der Waals surface area (Å²) in [7, 11) is 0. The fourth-order valence-electron chi connectivity index (χ4n) is 6.01. The van der Waals surface area contributed by atoms with Gasteiger partial charge < -0.3 is 9.47 Å². The average Bonchev–Trinajstić information content (AvgIpc) is 2.63. The number of rotatable bonds is 8. The number of hydrogen-bond acceptors (Lipinski definition) is 4. The van der Waals surface area contributed by atoms with E-state index in [0.717, 1.165) is 6.42 Å². The number of hydrogen-bond donors (Lipinski definition) is 0. The highest BCUT2D eigenvalue weighted by Crippen LogP contribution is 2.63. The second-order valence-corrected chi connectivity index (χ2v) is 11.1. The van der Waals surface area contributed by atoms with Crippen molar-refractivity contribution in [3.63, 3.8) is 0 Å². The lowest BCUT2D eigenvalue weighted by Gasteiger charge is -2.59. The molecule has 0 amide bonds. The lowest BCUT2D eigenvalue weighted by Crippen LogP contribution is -2.62. The van der Waals surface area contributed by atoms with Gasteiger partial charge in [-0.2, -0.15) is 26.3 Å². The molecule has 2 unspecified atom stereocenters. The highest BCUT2D eigenvalue weighted by atomic mass is 19.3. The molecule has 4 rings (SSSR count). The second-order valence-electron chi connectivity index (χ2n) is 11.1. The minimum atomic E-state index is -5.64. The molecule has 10 heteroatoms. The quantitative estimate of drug-likeness (QED) is 0.243. The lowest BCUT2D eigenvalue weighted by molar-refractivity contribution is -0.337. The summed E-state index contributed by atoms with van der Waals surface area (Å²) in [6.07, 6.45) is 2.94. The first-order chi connectivity index (χ1) is 14.8. The maximum atomic E-state index is 14.5. The minimum Gasteiger partial charge on any atom is -0.464 e. The number of carbonyl (C=O) groups excluding carboxylic acids is 2. The molecule has 0 aromatic heterocycles. The van der Waals surface area contributed by atoms with E-state index >= 15 is 0 Å². The summed E-state index contributed by atoms with van der Waals surface area (Å²) in [5.74, 6) is -17.1. The van der Waals surface area contributed by atoms with Crippen molar-refractivity contribution in [3.05, 3.63) is 12.2 Å². The van der Waals surface area contributed by atoms with Crippen LogP contribution in [-0.2, 0) is 19.1 Å². The van der Waals surface area contributed by atoms with E-state index in [9.17, 15) is 35.9 Å². The third-order valence-corrected chi connectivity index (χ3v) is 7.46. The molecule has 4 bridgehead atoms.